The summed E-state index contributed by atoms with van der Waals surface area (Å²) in [7, 11) is 0. The number of anilines is 1. The van der Waals surface area contributed by atoms with Gasteiger partial charge in [0, 0.05) is 29.9 Å². The Labute approximate surface area is 138 Å². The fourth-order valence-corrected chi connectivity index (χ4v) is 2.99. The van der Waals surface area contributed by atoms with E-state index in [0.29, 0.717) is 29.8 Å². The summed E-state index contributed by atoms with van der Waals surface area (Å²) in [6, 6.07) is 4.59. The highest BCUT2D eigenvalue weighted by atomic mass is 19.3. The molecule has 2 aromatic heterocycles. The molecule has 128 valence electrons. The average molecular weight is 334 g/mol. The van der Waals surface area contributed by atoms with Gasteiger partial charge in [-0.2, -0.15) is 8.78 Å². The lowest BCUT2D eigenvalue weighted by Crippen LogP contribution is -2.22. The first-order valence-corrected chi connectivity index (χ1v) is 7.99. The summed E-state index contributed by atoms with van der Waals surface area (Å²) in [6.45, 7) is -0.880. The number of rotatable bonds is 1. The van der Waals surface area contributed by atoms with Gasteiger partial charge in [-0.15, -0.1) is 0 Å². The van der Waals surface area contributed by atoms with Crippen LogP contribution in [0.3, 0.4) is 0 Å². The van der Waals surface area contributed by atoms with E-state index in [2.05, 4.69) is 10.3 Å². The lowest BCUT2D eigenvalue weighted by Gasteiger charge is -2.18. The number of halogens is 2. The Hall–Kier alpha value is -2.28. The zero-order valence-electron chi connectivity index (χ0n) is 13.4. The van der Waals surface area contributed by atoms with Crippen molar-refractivity contribution in [1.82, 2.24) is 9.55 Å². The number of aromatic nitrogens is 2. The van der Waals surface area contributed by atoms with Gasteiger partial charge in [0.2, 0.25) is 5.91 Å². The first kappa shape index (κ1) is 16.6. The minimum absolute atomic E-state index is 0.174. The standard InChI is InChI=1S/C17H20F2N4O/c1-10-3-2-4-12(20)14-9-11(5-7-21-14)15-13(22-16(10)24)6-8-23(15)17(18)19/h5-10,12,17H,2-4,20H2,1H3,(H,22,24)/t10-,12+/m1/s1. The molecule has 3 rings (SSSR count). The van der Waals surface area contributed by atoms with E-state index < -0.39 is 6.55 Å². The smallest absolute Gasteiger partial charge is 0.319 e. The number of nitrogens with zero attached hydrogens (tertiary/aromatic N) is 2. The number of carbonyl (C=O) groups excluding carboxylic acids is 1. The van der Waals surface area contributed by atoms with E-state index in [0.717, 1.165) is 11.0 Å². The number of carbonyl (C=O) groups is 1. The Balaban J connectivity index is 2.15. The summed E-state index contributed by atoms with van der Waals surface area (Å²) in [5.41, 5.74) is 8.04. The van der Waals surface area contributed by atoms with Crippen LogP contribution in [0.15, 0.2) is 30.6 Å². The maximum absolute atomic E-state index is 13.4. The van der Waals surface area contributed by atoms with Crippen molar-refractivity contribution in [2.75, 3.05) is 5.32 Å². The maximum Gasteiger partial charge on any atom is 0.319 e. The van der Waals surface area contributed by atoms with Gasteiger partial charge >= 0.3 is 6.55 Å². The van der Waals surface area contributed by atoms with Crippen LogP contribution >= 0.6 is 0 Å². The monoisotopic (exact) mass is 334 g/mol. The molecule has 0 aliphatic carbocycles. The zero-order valence-corrected chi connectivity index (χ0v) is 13.4. The van der Waals surface area contributed by atoms with E-state index in [1.54, 1.807) is 18.3 Å². The van der Waals surface area contributed by atoms with E-state index in [4.69, 9.17) is 5.73 Å². The second-order valence-electron chi connectivity index (χ2n) is 6.16. The van der Waals surface area contributed by atoms with Crippen molar-refractivity contribution < 1.29 is 13.6 Å². The van der Waals surface area contributed by atoms with Crippen molar-refractivity contribution in [3.8, 4) is 11.3 Å². The van der Waals surface area contributed by atoms with Gasteiger partial charge < -0.3 is 11.1 Å². The first-order chi connectivity index (χ1) is 11.5. The molecule has 1 aliphatic heterocycles. The number of hydrogen-bond donors (Lipinski definition) is 2. The largest absolute Gasteiger partial charge is 0.324 e. The highest BCUT2D eigenvalue weighted by Gasteiger charge is 2.22. The molecule has 7 heteroatoms. The summed E-state index contributed by atoms with van der Waals surface area (Å²) in [4.78, 5) is 16.6. The maximum atomic E-state index is 13.4. The number of nitrogens with two attached hydrogens (primary N) is 1. The molecule has 24 heavy (non-hydrogen) atoms. The molecule has 0 radical (unpaired) electrons. The summed E-state index contributed by atoms with van der Waals surface area (Å²) in [5.74, 6) is -0.391. The van der Waals surface area contributed by atoms with Gasteiger partial charge in [0.05, 0.1) is 17.1 Å². The van der Waals surface area contributed by atoms with Crippen molar-refractivity contribution >= 4 is 11.6 Å². The Morgan fingerprint density at radius 3 is 2.92 bits per heavy atom. The van der Waals surface area contributed by atoms with E-state index in [1.165, 1.54) is 12.3 Å². The van der Waals surface area contributed by atoms with E-state index in [-0.39, 0.29) is 23.6 Å². The third-order valence-electron chi connectivity index (χ3n) is 4.42. The summed E-state index contributed by atoms with van der Waals surface area (Å²) in [6.07, 6.45) is 5.01. The molecule has 0 spiro atoms. The van der Waals surface area contributed by atoms with Crippen LogP contribution in [0.25, 0.3) is 11.3 Å². The molecule has 3 heterocycles. The van der Waals surface area contributed by atoms with Gasteiger partial charge in [-0.25, -0.2) is 0 Å². The van der Waals surface area contributed by atoms with Crippen molar-refractivity contribution in [3.05, 3.63) is 36.3 Å². The minimum Gasteiger partial charge on any atom is -0.324 e. The van der Waals surface area contributed by atoms with E-state index >= 15 is 0 Å². The first-order valence-electron chi connectivity index (χ1n) is 7.99. The molecule has 1 amide bonds. The van der Waals surface area contributed by atoms with E-state index in [1.807, 2.05) is 6.92 Å². The molecule has 0 unspecified atom stereocenters. The highest BCUT2D eigenvalue weighted by molar-refractivity contribution is 5.96. The quantitative estimate of drug-likeness (QED) is 0.835. The number of alkyl halides is 2. The lowest BCUT2D eigenvalue weighted by atomic mass is 9.97. The normalized spacial score (nSPS) is 21.6. The Morgan fingerprint density at radius 2 is 2.17 bits per heavy atom. The van der Waals surface area contributed by atoms with Crippen LogP contribution in [0, 0.1) is 5.92 Å². The van der Waals surface area contributed by atoms with E-state index in [9.17, 15) is 13.6 Å². The van der Waals surface area contributed by atoms with Crippen LogP contribution in [0.2, 0.25) is 0 Å². The van der Waals surface area contributed by atoms with Crippen molar-refractivity contribution in [1.29, 1.82) is 0 Å². The van der Waals surface area contributed by atoms with Gasteiger partial charge in [0.25, 0.3) is 0 Å². The van der Waals surface area contributed by atoms with Crippen LogP contribution < -0.4 is 11.1 Å². The van der Waals surface area contributed by atoms with Gasteiger partial charge in [-0.1, -0.05) is 13.3 Å². The summed E-state index contributed by atoms with van der Waals surface area (Å²) >= 11 is 0. The molecule has 2 atom stereocenters. The third-order valence-corrected chi connectivity index (χ3v) is 4.42. The number of amides is 1. The molecule has 0 aromatic carbocycles. The third kappa shape index (κ3) is 3.17. The van der Waals surface area contributed by atoms with Gasteiger partial charge in [0.1, 0.15) is 0 Å². The number of fused-ring (bicyclic) bond motifs is 4. The summed E-state index contributed by atoms with van der Waals surface area (Å²) in [5, 5.41) is 2.78. The zero-order chi connectivity index (χ0) is 17.3. The summed E-state index contributed by atoms with van der Waals surface area (Å²) < 4.78 is 27.6. The second-order valence-corrected chi connectivity index (χ2v) is 6.16. The minimum atomic E-state index is -2.71. The van der Waals surface area contributed by atoms with Gasteiger partial charge in [-0.3, -0.25) is 14.3 Å². The second kappa shape index (κ2) is 6.68. The molecule has 0 saturated carbocycles. The molecule has 0 fully saturated rings. The van der Waals surface area contributed by atoms with Crippen LogP contribution in [-0.2, 0) is 4.79 Å². The fourth-order valence-electron chi connectivity index (χ4n) is 2.99. The van der Waals surface area contributed by atoms with Crippen LogP contribution in [0.4, 0.5) is 14.5 Å². The Morgan fingerprint density at radius 1 is 1.38 bits per heavy atom. The molecule has 2 aromatic rings. The lowest BCUT2D eigenvalue weighted by molar-refractivity contribution is -0.119. The van der Waals surface area contributed by atoms with Crippen molar-refractivity contribution in [3.63, 3.8) is 0 Å². The van der Waals surface area contributed by atoms with Crippen molar-refractivity contribution in [2.45, 2.75) is 38.8 Å². The van der Waals surface area contributed by atoms with Crippen LogP contribution in [0.5, 0.6) is 0 Å². The number of hydrogen-bond acceptors (Lipinski definition) is 3. The molecule has 3 N–H and O–H groups in total. The number of nitrogens with one attached hydrogen (secondary N) is 1. The molecule has 5 nitrogen and oxygen atoms in total. The number of pyridine rings is 1. The highest BCUT2D eigenvalue weighted by Crippen LogP contribution is 2.34. The SMILES string of the molecule is C[C@@H]1CCC[C@H](N)c2cc(ccn2)-c2c(ccn2C(F)F)NC1=O. The average Bonchev–Trinajstić information content (AvgIpc) is 2.97. The fraction of sp³-hybridized carbons (Fsp3) is 0.412. The predicted molar refractivity (Wildman–Crippen MR) is 87.5 cm³/mol. The topological polar surface area (TPSA) is 72.9 Å². The molecule has 2 bridgehead atoms. The molecule has 0 saturated heterocycles. The predicted octanol–water partition coefficient (Wildman–Crippen LogP) is 3.70. The molecular formula is C17H20F2N4O. The van der Waals surface area contributed by atoms with Gasteiger partial charge in [0.15, 0.2) is 0 Å². The van der Waals surface area contributed by atoms with Gasteiger partial charge in [-0.05, 0) is 31.0 Å². The Kier molecular flexibility index (Phi) is 4.62. The van der Waals surface area contributed by atoms with Crippen LogP contribution in [-0.4, -0.2) is 15.5 Å². The Bertz CT molecular complexity index is 744. The molecular weight excluding hydrogens is 314 g/mol. The molecule has 1 aliphatic rings. The van der Waals surface area contributed by atoms with Crippen molar-refractivity contribution in [2.24, 2.45) is 11.7 Å². The van der Waals surface area contributed by atoms with Crippen LogP contribution in [0.1, 0.15) is 44.5 Å².